The normalized spacial score (nSPS) is 14.1. The first-order valence-corrected chi connectivity index (χ1v) is 12.1. The molecular weight excluding hydrogens is 440 g/mol. The van der Waals surface area contributed by atoms with Crippen molar-refractivity contribution in [3.05, 3.63) is 82.9 Å². The van der Waals surface area contributed by atoms with E-state index in [9.17, 15) is 13.2 Å². The van der Waals surface area contributed by atoms with Crippen LogP contribution in [0.25, 0.3) is 16.6 Å². The van der Waals surface area contributed by atoms with Crippen molar-refractivity contribution in [3.8, 4) is 11.4 Å². The number of nitrogens with one attached hydrogen (secondary N) is 1. The number of fused-ring (bicyclic) bond motifs is 1. The van der Waals surface area contributed by atoms with Crippen molar-refractivity contribution in [3.63, 3.8) is 0 Å². The predicted molar refractivity (Wildman–Crippen MR) is 126 cm³/mol. The lowest BCUT2D eigenvalue weighted by atomic mass is 9.80. The van der Waals surface area contributed by atoms with Gasteiger partial charge in [0, 0.05) is 23.8 Å². The number of sulfonamides is 1. The molecule has 1 aliphatic carbocycles. The van der Waals surface area contributed by atoms with E-state index in [-0.39, 0.29) is 16.4 Å². The SMILES string of the molecule is COc1cc(C2CCC2)ccc1-n1c(=O)ccc2cc(S(=O)(=O)Nc3ncccn3)ccc21. The minimum Gasteiger partial charge on any atom is -0.495 e. The van der Waals surface area contributed by atoms with Crippen LogP contribution in [0.3, 0.4) is 0 Å². The Morgan fingerprint density at radius 1 is 1.03 bits per heavy atom. The molecule has 0 atom stereocenters. The average molecular weight is 463 g/mol. The highest BCUT2D eigenvalue weighted by atomic mass is 32.2. The van der Waals surface area contributed by atoms with E-state index in [1.165, 1.54) is 42.6 Å². The summed E-state index contributed by atoms with van der Waals surface area (Å²) in [4.78, 5) is 20.7. The van der Waals surface area contributed by atoms with Gasteiger partial charge in [0.05, 0.1) is 23.2 Å². The van der Waals surface area contributed by atoms with E-state index >= 15 is 0 Å². The van der Waals surface area contributed by atoms with Crippen LogP contribution in [-0.4, -0.2) is 30.1 Å². The number of nitrogens with zero attached hydrogens (tertiary/aromatic N) is 3. The van der Waals surface area contributed by atoms with Crippen molar-refractivity contribution in [1.82, 2.24) is 14.5 Å². The average Bonchev–Trinajstić information content (AvgIpc) is 2.78. The second-order valence-electron chi connectivity index (χ2n) is 7.96. The van der Waals surface area contributed by atoms with Crippen molar-refractivity contribution in [2.75, 3.05) is 11.8 Å². The van der Waals surface area contributed by atoms with Crippen molar-refractivity contribution in [2.45, 2.75) is 30.1 Å². The lowest BCUT2D eigenvalue weighted by Gasteiger charge is -2.26. The predicted octanol–water partition coefficient (Wildman–Crippen LogP) is 3.86. The molecule has 0 aliphatic heterocycles. The monoisotopic (exact) mass is 462 g/mol. The number of methoxy groups -OCH3 is 1. The maximum atomic E-state index is 12.9. The van der Waals surface area contributed by atoms with Gasteiger partial charge in [-0.05, 0) is 66.8 Å². The molecule has 0 saturated heterocycles. The fourth-order valence-corrected chi connectivity index (χ4v) is 5.04. The van der Waals surface area contributed by atoms with E-state index in [0.717, 1.165) is 12.8 Å². The van der Waals surface area contributed by atoms with Gasteiger partial charge in [0.25, 0.3) is 15.6 Å². The highest BCUT2D eigenvalue weighted by molar-refractivity contribution is 7.92. The third kappa shape index (κ3) is 3.95. The molecule has 1 saturated carbocycles. The maximum absolute atomic E-state index is 12.9. The zero-order chi connectivity index (χ0) is 23.0. The topological polar surface area (TPSA) is 103 Å². The smallest absolute Gasteiger partial charge is 0.264 e. The number of anilines is 1. The summed E-state index contributed by atoms with van der Waals surface area (Å²) in [6, 6.07) is 15.2. The molecule has 33 heavy (non-hydrogen) atoms. The van der Waals surface area contributed by atoms with Crippen LogP contribution in [0.5, 0.6) is 5.75 Å². The molecule has 0 bridgehead atoms. The van der Waals surface area contributed by atoms with Crippen molar-refractivity contribution >= 4 is 26.9 Å². The molecule has 4 aromatic rings. The van der Waals surface area contributed by atoms with Crippen LogP contribution in [0.2, 0.25) is 0 Å². The van der Waals surface area contributed by atoms with Crippen LogP contribution in [0, 0.1) is 0 Å². The molecule has 1 N–H and O–H groups in total. The molecule has 9 heteroatoms. The number of benzene rings is 2. The Morgan fingerprint density at radius 3 is 2.52 bits per heavy atom. The molecule has 1 fully saturated rings. The van der Waals surface area contributed by atoms with Gasteiger partial charge in [0.2, 0.25) is 5.95 Å². The van der Waals surface area contributed by atoms with Crippen LogP contribution in [0.15, 0.2) is 76.7 Å². The molecule has 0 radical (unpaired) electrons. The first-order chi connectivity index (χ1) is 16.0. The summed E-state index contributed by atoms with van der Waals surface area (Å²) in [7, 11) is -2.32. The van der Waals surface area contributed by atoms with Crippen LogP contribution in [0.4, 0.5) is 5.95 Å². The second-order valence-corrected chi connectivity index (χ2v) is 9.65. The van der Waals surface area contributed by atoms with Gasteiger partial charge in [-0.15, -0.1) is 0 Å². The van der Waals surface area contributed by atoms with Crippen LogP contribution in [-0.2, 0) is 10.0 Å². The fourth-order valence-electron chi connectivity index (χ4n) is 4.05. The summed E-state index contributed by atoms with van der Waals surface area (Å²) >= 11 is 0. The van der Waals surface area contributed by atoms with E-state index < -0.39 is 10.0 Å². The first-order valence-electron chi connectivity index (χ1n) is 10.6. The lowest BCUT2D eigenvalue weighted by molar-refractivity contribution is 0.401. The summed E-state index contributed by atoms with van der Waals surface area (Å²) < 4.78 is 35.2. The maximum Gasteiger partial charge on any atom is 0.264 e. The molecule has 0 amide bonds. The second kappa shape index (κ2) is 8.32. The van der Waals surface area contributed by atoms with E-state index in [2.05, 4.69) is 14.7 Å². The Morgan fingerprint density at radius 2 is 1.82 bits per heavy atom. The number of pyridine rings is 1. The third-order valence-corrected chi connectivity index (χ3v) is 7.31. The molecule has 2 aromatic carbocycles. The van der Waals surface area contributed by atoms with Gasteiger partial charge in [0.1, 0.15) is 5.75 Å². The van der Waals surface area contributed by atoms with Gasteiger partial charge < -0.3 is 4.74 Å². The van der Waals surface area contributed by atoms with E-state index in [4.69, 9.17) is 4.74 Å². The number of rotatable bonds is 6. The molecular formula is C24H22N4O4S. The van der Waals surface area contributed by atoms with Gasteiger partial charge in [-0.25, -0.2) is 23.1 Å². The van der Waals surface area contributed by atoms with Crippen LogP contribution in [0.1, 0.15) is 30.7 Å². The van der Waals surface area contributed by atoms with Crippen LogP contribution < -0.4 is 15.0 Å². The summed E-state index contributed by atoms with van der Waals surface area (Å²) in [5.74, 6) is 1.12. The highest BCUT2D eigenvalue weighted by Gasteiger charge is 2.22. The summed E-state index contributed by atoms with van der Waals surface area (Å²) in [6.45, 7) is 0. The molecule has 2 heterocycles. The Balaban J connectivity index is 1.59. The molecule has 5 rings (SSSR count). The zero-order valence-electron chi connectivity index (χ0n) is 17.9. The van der Waals surface area contributed by atoms with Gasteiger partial charge in [-0.3, -0.25) is 9.36 Å². The van der Waals surface area contributed by atoms with E-state index in [1.807, 2.05) is 18.2 Å². The first kappa shape index (κ1) is 21.1. The Hall–Kier alpha value is -3.72. The van der Waals surface area contributed by atoms with Crippen molar-refractivity contribution < 1.29 is 13.2 Å². The summed E-state index contributed by atoms with van der Waals surface area (Å²) in [6.07, 6.45) is 6.46. The minimum absolute atomic E-state index is 0.0149. The molecule has 0 spiro atoms. The standard InChI is InChI=1S/C24H22N4O4S/c1-32-22-15-17(16-4-2-5-16)6-9-21(22)28-20-10-8-19(14-18(20)7-11-23(28)29)33(30,31)27-24-25-12-3-13-26-24/h3,6-16H,2,4-5H2,1H3,(H,25,26,27). The van der Waals surface area contributed by atoms with Crippen molar-refractivity contribution in [2.24, 2.45) is 0 Å². The molecule has 1 aliphatic rings. The Kier molecular flexibility index (Phi) is 5.33. The lowest BCUT2D eigenvalue weighted by Crippen LogP contribution is -2.19. The van der Waals surface area contributed by atoms with Gasteiger partial charge in [-0.2, -0.15) is 0 Å². The zero-order valence-corrected chi connectivity index (χ0v) is 18.7. The summed E-state index contributed by atoms with van der Waals surface area (Å²) in [5, 5.41) is 0.594. The van der Waals surface area contributed by atoms with Gasteiger partial charge >= 0.3 is 0 Å². The number of ether oxygens (including phenoxy) is 1. The van der Waals surface area contributed by atoms with Crippen molar-refractivity contribution in [1.29, 1.82) is 0 Å². The summed E-state index contributed by atoms with van der Waals surface area (Å²) in [5.41, 5.74) is 2.16. The number of aromatic nitrogens is 3. The largest absolute Gasteiger partial charge is 0.495 e. The number of hydrogen-bond donors (Lipinski definition) is 1. The van der Waals surface area contributed by atoms with Gasteiger partial charge in [-0.1, -0.05) is 12.5 Å². The van der Waals surface area contributed by atoms with E-state index in [0.29, 0.717) is 28.3 Å². The van der Waals surface area contributed by atoms with Crippen LogP contribution >= 0.6 is 0 Å². The fraction of sp³-hybridized carbons (Fsp3) is 0.208. The Labute approximate surface area is 191 Å². The highest BCUT2D eigenvalue weighted by Crippen LogP contribution is 2.39. The molecule has 8 nitrogen and oxygen atoms in total. The molecule has 0 unspecified atom stereocenters. The minimum atomic E-state index is -3.90. The van der Waals surface area contributed by atoms with E-state index in [1.54, 1.807) is 29.9 Å². The third-order valence-electron chi connectivity index (χ3n) is 5.99. The van der Waals surface area contributed by atoms with Gasteiger partial charge in [0.15, 0.2) is 0 Å². The molecule has 2 aromatic heterocycles. The quantitative estimate of drug-likeness (QED) is 0.467. The number of hydrogen-bond acceptors (Lipinski definition) is 6. The Bertz CT molecular complexity index is 1500. The molecule has 168 valence electrons.